The molecule has 1 saturated heterocycles. The molecule has 0 amide bonds. The maximum atomic E-state index is 11.8. The van der Waals surface area contributed by atoms with Crippen molar-refractivity contribution in [2.45, 2.75) is 18.8 Å². The normalized spacial score (nSPS) is 18.4. The molecule has 0 bridgehead atoms. The number of methoxy groups -OCH3 is 2. The zero-order valence-electron chi connectivity index (χ0n) is 11.8. The van der Waals surface area contributed by atoms with E-state index < -0.39 is 11.9 Å². The lowest BCUT2D eigenvalue weighted by molar-refractivity contribution is 0.0555. The maximum Gasteiger partial charge on any atom is 0.338 e. The second kappa shape index (κ2) is 6.52. The van der Waals surface area contributed by atoms with Crippen LogP contribution in [0.2, 0.25) is 0 Å². The summed E-state index contributed by atoms with van der Waals surface area (Å²) in [4.78, 5) is 23.5. The molecule has 0 radical (unpaired) electrons. The first-order chi connectivity index (χ1) is 9.67. The van der Waals surface area contributed by atoms with Gasteiger partial charge in [-0.2, -0.15) is 0 Å². The molecular weight excluding hydrogens is 258 g/mol. The average Bonchev–Trinajstić information content (AvgIpc) is 2.53. The highest BCUT2D eigenvalue weighted by Gasteiger charge is 2.22. The lowest BCUT2D eigenvalue weighted by atomic mass is 9.89. The highest BCUT2D eigenvalue weighted by molar-refractivity contribution is 6.03. The topological polar surface area (TPSA) is 64.6 Å². The van der Waals surface area contributed by atoms with Gasteiger partial charge in [-0.15, -0.1) is 0 Å². The van der Waals surface area contributed by atoms with E-state index in [0.717, 1.165) is 31.5 Å². The van der Waals surface area contributed by atoms with Gasteiger partial charge in [0.25, 0.3) is 0 Å². The van der Waals surface area contributed by atoms with Crippen LogP contribution in [0.25, 0.3) is 0 Å². The standard InChI is InChI=1S/C15H19NO4/c1-19-14(17)12-6-5-10(8-13(12)15(18)20-2)11-4-3-7-16-9-11/h5-6,8,11,16H,3-4,7,9H2,1-2H3. The molecule has 1 aliphatic rings. The van der Waals surface area contributed by atoms with Crippen molar-refractivity contribution in [3.63, 3.8) is 0 Å². The van der Waals surface area contributed by atoms with E-state index in [-0.39, 0.29) is 11.1 Å². The number of piperidine rings is 1. The number of nitrogens with one attached hydrogen (secondary N) is 1. The summed E-state index contributed by atoms with van der Waals surface area (Å²) in [6.07, 6.45) is 2.18. The summed E-state index contributed by atoms with van der Waals surface area (Å²) in [5.74, 6) is -0.686. The van der Waals surface area contributed by atoms with Crippen LogP contribution in [0.4, 0.5) is 0 Å². The predicted molar refractivity (Wildman–Crippen MR) is 74.0 cm³/mol. The molecule has 2 rings (SSSR count). The first kappa shape index (κ1) is 14.5. The van der Waals surface area contributed by atoms with Gasteiger partial charge in [-0.3, -0.25) is 0 Å². The Balaban J connectivity index is 2.37. The molecule has 1 N–H and O–H groups in total. The molecule has 1 fully saturated rings. The van der Waals surface area contributed by atoms with E-state index in [1.807, 2.05) is 6.07 Å². The van der Waals surface area contributed by atoms with Crippen molar-refractivity contribution in [1.82, 2.24) is 5.32 Å². The Morgan fingerprint density at radius 3 is 2.45 bits per heavy atom. The summed E-state index contributed by atoms with van der Waals surface area (Å²) in [6, 6.07) is 5.27. The number of ether oxygens (including phenoxy) is 2. The van der Waals surface area contributed by atoms with Crippen LogP contribution in [0.15, 0.2) is 18.2 Å². The number of benzene rings is 1. The molecule has 1 heterocycles. The summed E-state index contributed by atoms with van der Waals surface area (Å²) < 4.78 is 9.45. The van der Waals surface area contributed by atoms with E-state index >= 15 is 0 Å². The quantitative estimate of drug-likeness (QED) is 0.852. The third kappa shape index (κ3) is 2.99. The Morgan fingerprint density at radius 2 is 1.85 bits per heavy atom. The van der Waals surface area contributed by atoms with Crippen molar-refractivity contribution in [3.05, 3.63) is 34.9 Å². The number of hydrogen-bond donors (Lipinski definition) is 1. The minimum absolute atomic E-state index is 0.242. The van der Waals surface area contributed by atoms with Gasteiger partial charge in [-0.1, -0.05) is 6.07 Å². The van der Waals surface area contributed by atoms with Crippen molar-refractivity contribution in [3.8, 4) is 0 Å². The van der Waals surface area contributed by atoms with Gasteiger partial charge in [-0.05, 0) is 43.0 Å². The van der Waals surface area contributed by atoms with Crippen LogP contribution in [0.1, 0.15) is 45.0 Å². The first-order valence-electron chi connectivity index (χ1n) is 6.68. The molecular formula is C15H19NO4. The van der Waals surface area contributed by atoms with Crippen molar-refractivity contribution < 1.29 is 19.1 Å². The fourth-order valence-electron chi connectivity index (χ4n) is 2.52. The number of carbonyl (C=O) groups excluding carboxylic acids is 2. The van der Waals surface area contributed by atoms with Crippen LogP contribution in [0.5, 0.6) is 0 Å². The largest absolute Gasteiger partial charge is 0.465 e. The Morgan fingerprint density at radius 1 is 1.15 bits per heavy atom. The second-order valence-electron chi connectivity index (χ2n) is 4.83. The fourth-order valence-corrected chi connectivity index (χ4v) is 2.52. The summed E-state index contributed by atoms with van der Waals surface area (Å²) in [5.41, 5.74) is 1.56. The fraction of sp³-hybridized carbons (Fsp3) is 0.467. The van der Waals surface area contributed by atoms with Crippen LogP contribution in [-0.4, -0.2) is 39.2 Å². The van der Waals surface area contributed by atoms with Crippen LogP contribution in [0.3, 0.4) is 0 Å². The van der Waals surface area contributed by atoms with Crippen molar-refractivity contribution >= 4 is 11.9 Å². The molecule has 1 unspecified atom stereocenters. The van der Waals surface area contributed by atoms with Crippen LogP contribution < -0.4 is 5.32 Å². The molecule has 0 spiro atoms. The smallest absolute Gasteiger partial charge is 0.338 e. The van der Waals surface area contributed by atoms with Gasteiger partial charge < -0.3 is 14.8 Å². The Labute approximate surface area is 118 Å². The number of rotatable bonds is 3. The molecule has 1 aliphatic heterocycles. The third-order valence-electron chi connectivity index (χ3n) is 3.62. The highest BCUT2D eigenvalue weighted by Crippen LogP contribution is 2.26. The zero-order valence-corrected chi connectivity index (χ0v) is 11.8. The summed E-state index contributed by atoms with van der Waals surface area (Å²) in [5, 5.41) is 3.34. The lowest BCUT2D eigenvalue weighted by Crippen LogP contribution is -2.28. The Kier molecular flexibility index (Phi) is 4.74. The minimum Gasteiger partial charge on any atom is -0.465 e. The van der Waals surface area contributed by atoms with E-state index in [1.165, 1.54) is 14.2 Å². The van der Waals surface area contributed by atoms with E-state index in [2.05, 4.69) is 5.32 Å². The van der Waals surface area contributed by atoms with Gasteiger partial charge in [0.15, 0.2) is 0 Å². The molecule has 0 aromatic heterocycles. The predicted octanol–water partition coefficient (Wildman–Crippen LogP) is 1.73. The minimum atomic E-state index is -0.529. The molecule has 0 saturated carbocycles. The summed E-state index contributed by atoms with van der Waals surface area (Å²) >= 11 is 0. The summed E-state index contributed by atoms with van der Waals surface area (Å²) in [7, 11) is 2.60. The summed E-state index contributed by atoms with van der Waals surface area (Å²) in [6.45, 7) is 1.92. The van der Waals surface area contributed by atoms with Crippen LogP contribution in [0, 0.1) is 0 Å². The Bertz CT molecular complexity index is 507. The second-order valence-corrected chi connectivity index (χ2v) is 4.83. The zero-order chi connectivity index (χ0) is 14.5. The van der Waals surface area contributed by atoms with Gasteiger partial charge in [-0.25, -0.2) is 9.59 Å². The first-order valence-corrected chi connectivity index (χ1v) is 6.68. The lowest BCUT2D eigenvalue weighted by Gasteiger charge is -2.23. The number of carbonyl (C=O) groups is 2. The van der Waals surface area contributed by atoms with E-state index in [0.29, 0.717) is 5.92 Å². The van der Waals surface area contributed by atoms with Crippen molar-refractivity contribution in [2.24, 2.45) is 0 Å². The molecule has 1 atom stereocenters. The third-order valence-corrected chi connectivity index (χ3v) is 3.62. The highest BCUT2D eigenvalue weighted by atomic mass is 16.5. The molecule has 5 nitrogen and oxygen atoms in total. The molecule has 0 aliphatic carbocycles. The SMILES string of the molecule is COC(=O)c1ccc(C2CCCNC2)cc1C(=O)OC. The van der Waals surface area contributed by atoms with Gasteiger partial charge in [0.1, 0.15) is 0 Å². The molecule has 108 valence electrons. The van der Waals surface area contributed by atoms with Crippen LogP contribution >= 0.6 is 0 Å². The van der Waals surface area contributed by atoms with Gasteiger partial charge in [0, 0.05) is 6.54 Å². The van der Waals surface area contributed by atoms with Crippen molar-refractivity contribution in [1.29, 1.82) is 0 Å². The monoisotopic (exact) mass is 277 g/mol. The van der Waals surface area contributed by atoms with Gasteiger partial charge >= 0.3 is 11.9 Å². The molecule has 20 heavy (non-hydrogen) atoms. The van der Waals surface area contributed by atoms with Gasteiger partial charge in [0.05, 0.1) is 25.3 Å². The van der Waals surface area contributed by atoms with Crippen molar-refractivity contribution in [2.75, 3.05) is 27.3 Å². The number of esters is 2. The van der Waals surface area contributed by atoms with E-state index in [1.54, 1.807) is 12.1 Å². The van der Waals surface area contributed by atoms with Gasteiger partial charge in [0.2, 0.25) is 0 Å². The molecule has 5 heteroatoms. The number of hydrogen-bond acceptors (Lipinski definition) is 5. The Hall–Kier alpha value is -1.88. The molecule has 1 aromatic rings. The van der Waals surface area contributed by atoms with E-state index in [4.69, 9.17) is 9.47 Å². The average molecular weight is 277 g/mol. The van der Waals surface area contributed by atoms with E-state index in [9.17, 15) is 9.59 Å². The van der Waals surface area contributed by atoms with Crippen LogP contribution in [-0.2, 0) is 9.47 Å². The molecule has 1 aromatic carbocycles. The maximum absolute atomic E-state index is 11.8.